The molecule has 0 saturated heterocycles. The first-order chi connectivity index (χ1) is 17.5. The Morgan fingerprint density at radius 3 is 1.94 bits per heavy atom. The second-order valence-electron chi connectivity index (χ2n) is 7.39. The molecule has 36 heavy (non-hydrogen) atoms. The molecule has 4 rings (SSSR count). The van der Waals surface area contributed by atoms with Gasteiger partial charge >= 0.3 is 11.9 Å². The molecule has 1 N–H and O–H groups in total. The minimum absolute atomic E-state index is 0.0982. The molecule has 8 heteroatoms. The van der Waals surface area contributed by atoms with Crippen LogP contribution in [-0.4, -0.2) is 24.1 Å². The number of hydrogen-bond acceptors (Lipinski definition) is 6. The fourth-order valence-corrected chi connectivity index (χ4v) is 3.58. The van der Waals surface area contributed by atoms with Gasteiger partial charge in [0.2, 0.25) is 0 Å². The predicted molar refractivity (Wildman–Crippen MR) is 138 cm³/mol. The third-order valence-corrected chi connectivity index (χ3v) is 5.60. The average molecular weight is 543 g/mol. The molecule has 0 bridgehead atoms. The van der Waals surface area contributed by atoms with E-state index in [2.05, 4.69) is 26.5 Å². The topological polar surface area (TPSA) is 94.1 Å². The molecular formula is C28H19BrN2O5. The summed E-state index contributed by atoms with van der Waals surface area (Å²) in [6.45, 7) is 0. The molecule has 0 aliphatic heterocycles. The summed E-state index contributed by atoms with van der Waals surface area (Å²) in [7, 11) is 0. The van der Waals surface area contributed by atoms with E-state index in [0.29, 0.717) is 26.7 Å². The number of benzene rings is 4. The molecule has 4 aromatic carbocycles. The number of carbonyl (C=O) groups is 3. The van der Waals surface area contributed by atoms with Gasteiger partial charge in [-0.05, 0) is 64.5 Å². The minimum atomic E-state index is -0.603. The number of hydrazone groups is 1. The smallest absolute Gasteiger partial charge is 0.343 e. The van der Waals surface area contributed by atoms with Crippen LogP contribution in [0.4, 0.5) is 0 Å². The standard InChI is InChI=1S/C28H19BrN2O5/c29-24-14-8-7-13-23(24)26(32)31-30-18-21-15-16-22(35-27(33)19-9-3-1-4-10-19)17-25(21)36-28(34)20-11-5-2-6-12-20/h1-18H,(H,31,32)/b30-18+. The van der Waals surface area contributed by atoms with Gasteiger partial charge in [0, 0.05) is 16.1 Å². The number of halogens is 1. The van der Waals surface area contributed by atoms with Crippen LogP contribution >= 0.6 is 15.9 Å². The zero-order chi connectivity index (χ0) is 25.3. The van der Waals surface area contributed by atoms with Crippen molar-refractivity contribution in [3.05, 3.63) is 130 Å². The van der Waals surface area contributed by atoms with Crippen LogP contribution in [0.25, 0.3) is 0 Å². The molecule has 0 saturated carbocycles. The first kappa shape index (κ1) is 24.6. The molecule has 0 atom stereocenters. The van der Waals surface area contributed by atoms with Gasteiger partial charge in [-0.2, -0.15) is 5.10 Å². The van der Waals surface area contributed by atoms with Crippen molar-refractivity contribution in [2.75, 3.05) is 0 Å². The Kier molecular flexibility index (Phi) is 8.00. The monoisotopic (exact) mass is 542 g/mol. The molecule has 1 amide bonds. The van der Waals surface area contributed by atoms with Crippen LogP contribution in [0.3, 0.4) is 0 Å². The van der Waals surface area contributed by atoms with Gasteiger partial charge in [0.1, 0.15) is 11.5 Å². The number of hydrogen-bond donors (Lipinski definition) is 1. The molecule has 0 aromatic heterocycles. The highest BCUT2D eigenvalue weighted by atomic mass is 79.9. The number of nitrogens with one attached hydrogen (secondary N) is 1. The van der Waals surface area contributed by atoms with Crippen molar-refractivity contribution in [3.63, 3.8) is 0 Å². The highest BCUT2D eigenvalue weighted by Gasteiger charge is 2.15. The van der Waals surface area contributed by atoms with Gasteiger partial charge in [0.05, 0.1) is 22.9 Å². The molecule has 0 unspecified atom stereocenters. The Hall–Kier alpha value is -4.56. The van der Waals surface area contributed by atoms with Crippen LogP contribution in [0.1, 0.15) is 36.6 Å². The fraction of sp³-hybridized carbons (Fsp3) is 0. The summed E-state index contributed by atoms with van der Waals surface area (Å²) in [4.78, 5) is 37.5. The first-order valence-electron chi connectivity index (χ1n) is 10.8. The molecule has 7 nitrogen and oxygen atoms in total. The van der Waals surface area contributed by atoms with Gasteiger partial charge in [0.25, 0.3) is 5.91 Å². The maximum absolute atomic E-state index is 12.7. The Balaban J connectivity index is 1.56. The summed E-state index contributed by atoms with van der Waals surface area (Å²) >= 11 is 3.33. The number of ether oxygens (including phenoxy) is 2. The Bertz CT molecular complexity index is 1420. The van der Waals surface area contributed by atoms with Crippen LogP contribution in [0, 0.1) is 0 Å². The Labute approximate surface area is 215 Å². The van der Waals surface area contributed by atoms with E-state index < -0.39 is 17.8 Å². The molecule has 4 aromatic rings. The highest BCUT2D eigenvalue weighted by Crippen LogP contribution is 2.26. The van der Waals surface area contributed by atoms with Crippen molar-refractivity contribution in [2.24, 2.45) is 5.10 Å². The summed E-state index contributed by atoms with van der Waals surface area (Å²) in [5, 5.41) is 3.99. The maximum atomic E-state index is 12.7. The second-order valence-corrected chi connectivity index (χ2v) is 8.24. The van der Waals surface area contributed by atoms with Gasteiger partial charge in [0.15, 0.2) is 0 Å². The van der Waals surface area contributed by atoms with Crippen molar-refractivity contribution < 1.29 is 23.9 Å². The second kappa shape index (κ2) is 11.7. The van der Waals surface area contributed by atoms with E-state index in [-0.39, 0.29) is 11.5 Å². The third kappa shape index (κ3) is 6.31. The summed E-state index contributed by atoms with van der Waals surface area (Å²) in [6.07, 6.45) is 1.34. The van der Waals surface area contributed by atoms with E-state index in [0.717, 1.165) is 0 Å². The van der Waals surface area contributed by atoms with Gasteiger partial charge < -0.3 is 9.47 Å². The quantitative estimate of drug-likeness (QED) is 0.141. The molecule has 0 radical (unpaired) electrons. The van der Waals surface area contributed by atoms with E-state index in [4.69, 9.17) is 9.47 Å². The van der Waals surface area contributed by atoms with E-state index in [1.54, 1.807) is 91.0 Å². The molecular weight excluding hydrogens is 524 g/mol. The zero-order valence-corrected chi connectivity index (χ0v) is 20.3. The number of nitrogens with zero attached hydrogens (tertiary/aromatic N) is 1. The lowest BCUT2D eigenvalue weighted by atomic mass is 10.2. The van der Waals surface area contributed by atoms with E-state index in [1.807, 2.05) is 0 Å². The lowest BCUT2D eigenvalue weighted by Crippen LogP contribution is -2.18. The van der Waals surface area contributed by atoms with Gasteiger partial charge in [-0.25, -0.2) is 15.0 Å². The van der Waals surface area contributed by atoms with E-state index >= 15 is 0 Å². The Morgan fingerprint density at radius 2 is 1.31 bits per heavy atom. The van der Waals surface area contributed by atoms with Crippen molar-refractivity contribution >= 4 is 40.0 Å². The van der Waals surface area contributed by atoms with E-state index in [1.165, 1.54) is 18.3 Å². The largest absolute Gasteiger partial charge is 0.423 e. The summed E-state index contributed by atoms with van der Waals surface area (Å²) < 4.78 is 11.7. The van der Waals surface area contributed by atoms with Crippen LogP contribution in [0.2, 0.25) is 0 Å². The SMILES string of the molecule is O=C(Oc1ccc(/C=N/NC(=O)c2ccccc2Br)c(OC(=O)c2ccccc2)c1)c1ccccc1. The average Bonchev–Trinajstić information content (AvgIpc) is 2.91. The van der Waals surface area contributed by atoms with Gasteiger partial charge in [-0.15, -0.1) is 0 Å². The molecule has 0 spiro atoms. The molecule has 178 valence electrons. The summed E-state index contributed by atoms with van der Waals surface area (Å²) in [5.41, 5.74) is 3.95. The van der Waals surface area contributed by atoms with Crippen LogP contribution in [0.5, 0.6) is 11.5 Å². The number of carbonyl (C=O) groups excluding carboxylic acids is 3. The summed E-state index contributed by atoms with van der Waals surface area (Å²) in [5.74, 6) is -1.31. The normalized spacial score (nSPS) is 10.6. The number of rotatable bonds is 7. The molecule has 0 fully saturated rings. The van der Waals surface area contributed by atoms with E-state index in [9.17, 15) is 14.4 Å². The van der Waals surface area contributed by atoms with Crippen molar-refractivity contribution in [1.29, 1.82) is 0 Å². The maximum Gasteiger partial charge on any atom is 0.343 e. The number of amides is 1. The molecule has 0 aliphatic rings. The Morgan fingerprint density at radius 1 is 0.722 bits per heavy atom. The predicted octanol–water partition coefficient (Wildman–Crippen LogP) is 5.65. The fourth-order valence-electron chi connectivity index (χ4n) is 3.11. The first-order valence-corrected chi connectivity index (χ1v) is 11.6. The minimum Gasteiger partial charge on any atom is -0.423 e. The van der Waals surface area contributed by atoms with Crippen LogP contribution in [0.15, 0.2) is 113 Å². The van der Waals surface area contributed by atoms with Gasteiger partial charge in [-0.1, -0.05) is 48.5 Å². The number of esters is 2. The van der Waals surface area contributed by atoms with Crippen molar-refractivity contribution in [3.8, 4) is 11.5 Å². The summed E-state index contributed by atoms with van der Waals surface area (Å²) in [6, 6.07) is 28.4. The van der Waals surface area contributed by atoms with Gasteiger partial charge in [-0.3, -0.25) is 4.79 Å². The molecule has 0 heterocycles. The van der Waals surface area contributed by atoms with Crippen LogP contribution in [-0.2, 0) is 0 Å². The third-order valence-electron chi connectivity index (χ3n) is 4.91. The lowest BCUT2D eigenvalue weighted by molar-refractivity contribution is 0.0732. The van der Waals surface area contributed by atoms with Crippen molar-refractivity contribution in [1.82, 2.24) is 5.43 Å². The zero-order valence-electron chi connectivity index (χ0n) is 18.8. The van der Waals surface area contributed by atoms with Crippen molar-refractivity contribution in [2.45, 2.75) is 0 Å². The lowest BCUT2D eigenvalue weighted by Gasteiger charge is -2.10. The van der Waals surface area contributed by atoms with Crippen LogP contribution < -0.4 is 14.9 Å². The molecule has 0 aliphatic carbocycles. The highest BCUT2D eigenvalue weighted by molar-refractivity contribution is 9.10.